The Morgan fingerprint density at radius 3 is 2.61 bits per heavy atom. The molecule has 0 aliphatic rings. The second-order valence-electron chi connectivity index (χ2n) is 3.93. The van der Waals surface area contributed by atoms with Crippen molar-refractivity contribution in [2.75, 3.05) is 4.72 Å². The first kappa shape index (κ1) is 14.8. The maximum Gasteiger partial charge on any atom is 0.242 e. The van der Waals surface area contributed by atoms with Gasteiger partial charge >= 0.3 is 0 Å². The molecule has 1 aromatic rings. The topological polar surface area (TPSA) is 72.2 Å². The number of aryl methyl sites for hydroxylation is 1. The van der Waals surface area contributed by atoms with E-state index in [-0.39, 0.29) is 17.1 Å². The highest BCUT2D eigenvalue weighted by Gasteiger charge is 2.27. The summed E-state index contributed by atoms with van der Waals surface area (Å²) in [6, 6.07) is 4.23. The largest absolute Gasteiger partial charge is 0.392 e. The first-order chi connectivity index (χ1) is 8.27. The van der Waals surface area contributed by atoms with Crippen molar-refractivity contribution in [3.8, 4) is 0 Å². The molecule has 0 spiro atoms. The molecule has 1 unspecified atom stereocenters. The predicted octanol–water partition coefficient (Wildman–Crippen LogP) is 1.94. The monoisotopic (exact) mass is 290 g/mol. The van der Waals surface area contributed by atoms with E-state index in [2.05, 4.69) is 4.72 Å². The van der Waals surface area contributed by atoms with E-state index >= 15 is 0 Å². The summed E-state index contributed by atoms with van der Waals surface area (Å²) in [7, 11) is -3.82. The fraction of sp³-hybridized carbons (Fsp3) is 0.364. The van der Waals surface area contributed by atoms with Crippen LogP contribution in [-0.4, -0.2) is 18.7 Å². The number of anilines is 1. The third-order valence-corrected chi connectivity index (χ3v) is 4.71. The van der Waals surface area contributed by atoms with Gasteiger partial charge in [0.2, 0.25) is 10.0 Å². The van der Waals surface area contributed by atoms with Gasteiger partial charge in [0.15, 0.2) is 0 Å². The highest BCUT2D eigenvalue weighted by Crippen LogP contribution is 2.19. The highest BCUT2D eigenvalue weighted by atomic mass is 32.2. The summed E-state index contributed by atoms with van der Waals surface area (Å²) in [5.41, 5.74) is 5.97. The van der Waals surface area contributed by atoms with Crippen LogP contribution in [0.2, 0.25) is 0 Å². The van der Waals surface area contributed by atoms with Gasteiger partial charge in [-0.25, -0.2) is 12.8 Å². The van der Waals surface area contributed by atoms with Gasteiger partial charge in [0, 0.05) is 0 Å². The van der Waals surface area contributed by atoms with Gasteiger partial charge in [-0.3, -0.25) is 4.72 Å². The zero-order valence-electron chi connectivity index (χ0n) is 10.1. The van der Waals surface area contributed by atoms with Gasteiger partial charge in [0.25, 0.3) is 0 Å². The molecule has 4 nitrogen and oxygen atoms in total. The summed E-state index contributed by atoms with van der Waals surface area (Å²) in [5.74, 6) is -0.628. The first-order valence-corrected chi connectivity index (χ1v) is 7.30. The molecule has 0 aliphatic heterocycles. The van der Waals surface area contributed by atoms with Crippen molar-refractivity contribution in [1.82, 2.24) is 0 Å². The van der Waals surface area contributed by atoms with E-state index in [9.17, 15) is 12.8 Å². The molecule has 0 radical (unpaired) electrons. The Bertz CT molecular complexity index is 558. The standard InChI is InChI=1S/C11H15FN2O2S2/c1-3-10(11(13)17)18(15,16)14-9-5-4-7(2)6-8(9)12/h4-6,10,14H,3H2,1-2H3,(H2,13,17). The molecule has 3 N–H and O–H groups in total. The maximum atomic E-state index is 13.6. The lowest BCUT2D eigenvalue weighted by molar-refractivity contribution is 0.592. The van der Waals surface area contributed by atoms with Gasteiger partial charge < -0.3 is 5.73 Å². The van der Waals surface area contributed by atoms with Crippen molar-refractivity contribution in [3.63, 3.8) is 0 Å². The lowest BCUT2D eigenvalue weighted by Gasteiger charge is -2.16. The molecule has 18 heavy (non-hydrogen) atoms. The fourth-order valence-electron chi connectivity index (χ4n) is 1.50. The SMILES string of the molecule is CCC(C(N)=S)S(=O)(=O)Nc1ccc(C)cc1F. The molecule has 0 amide bonds. The van der Waals surface area contributed by atoms with E-state index in [0.717, 1.165) is 0 Å². The summed E-state index contributed by atoms with van der Waals surface area (Å²) in [4.78, 5) is -0.127. The Morgan fingerprint density at radius 1 is 1.56 bits per heavy atom. The minimum atomic E-state index is -3.82. The molecular weight excluding hydrogens is 275 g/mol. The van der Waals surface area contributed by atoms with Crippen molar-refractivity contribution in [3.05, 3.63) is 29.6 Å². The molecule has 0 heterocycles. The molecule has 1 atom stereocenters. The molecule has 100 valence electrons. The van der Waals surface area contributed by atoms with Crippen LogP contribution in [0.15, 0.2) is 18.2 Å². The maximum absolute atomic E-state index is 13.6. The van der Waals surface area contributed by atoms with Crippen LogP contribution in [0, 0.1) is 12.7 Å². The Morgan fingerprint density at radius 2 is 2.17 bits per heavy atom. The molecule has 0 bridgehead atoms. The van der Waals surface area contributed by atoms with Gasteiger partial charge in [-0.05, 0) is 31.0 Å². The Balaban J connectivity index is 3.05. The lowest BCUT2D eigenvalue weighted by atomic mass is 10.2. The van der Waals surface area contributed by atoms with Crippen molar-refractivity contribution in [2.45, 2.75) is 25.5 Å². The Hall–Kier alpha value is -1.21. The van der Waals surface area contributed by atoms with Gasteiger partial charge in [0.05, 0.1) is 10.7 Å². The Labute approximate surface area is 111 Å². The molecule has 0 aromatic heterocycles. The second kappa shape index (κ2) is 5.62. The molecule has 1 aromatic carbocycles. The smallest absolute Gasteiger partial charge is 0.242 e. The number of sulfonamides is 1. The number of benzene rings is 1. The zero-order valence-corrected chi connectivity index (χ0v) is 11.7. The van der Waals surface area contributed by atoms with E-state index < -0.39 is 21.1 Å². The molecule has 0 aliphatic carbocycles. The van der Waals surface area contributed by atoms with Gasteiger partial charge in [-0.15, -0.1) is 0 Å². The van der Waals surface area contributed by atoms with E-state index in [4.69, 9.17) is 18.0 Å². The third-order valence-electron chi connectivity index (χ3n) is 2.44. The van der Waals surface area contributed by atoms with Crippen LogP contribution in [0.1, 0.15) is 18.9 Å². The van der Waals surface area contributed by atoms with Crippen molar-refractivity contribution >= 4 is 32.9 Å². The fourth-order valence-corrected chi connectivity index (χ4v) is 3.41. The van der Waals surface area contributed by atoms with E-state index in [1.165, 1.54) is 12.1 Å². The minimum absolute atomic E-state index is 0.102. The number of thiocarbonyl (C=S) groups is 1. The van der Waals surface area contributed by atoms with E-state index in [0.29, 0.717) is 5.56 Å². The average Bonchev–Trinajstić information content (AvgIpc) is 2.22. The van der Waals surface area contributed by atoms with E-state index in [1.807, 2.05) is 0 Å². The minimum Gasteiger partial charge on any atom is -0.392 e. The van der Waals surface area contributed by atoms with E-state index in [1.54, 1.807) is 19.9 Å². The Kier molecular flexibility index (Phi) is 4.64. The molecule has 0 fully saturated rings. The number of rotatable bonds is 5. The van der Waals surface area contributed by atoms with Crippen LogP contribution in [0.5, 0.6) is 0 Å². The number of hydrogen-bond donors (Lipinski definition) is 2. The highest BCUT2D eigenvalue weighted by molar-refractivity contribution is 7.95. The van der Waals surface area contributed by atoms with Crippen LogP contribution in [0.4, 0.5) is 10.1 Å². The van der Waals surface area contributed by atoms with Crippen LogP contribution in [0.3, 0.4) is 0 Å². The molecule has 7 heteroatoms. The molecule has 0 saturated carbocycles. The predicted molar refractivity (Wildman–Crippen MR) is 74.5 cm³/mol. The van der Waals surface area contributed by atoms with Crippen molar-refractivity contribution in [1.29, 1.82) is 0 Å². The second-order valence-corrected chi connectivity index (χ2v) is 6.26. The molecular formula is C11H15FN2O2S2. The van der Waals surface area contributed by atoms with Crippen LogP contribution < -0.4 is 10.5 Å². The summed E-state index contributed by atoms with van der Waals surface area (Å²) < 4.78 is 39.7. The van der Waals surface area contributed by atoms with Crippen molar-refractivity contribution in [2.24, 2.45) is 5.73 Å². The van der Waals surface area contributed by atoms with Gasteiger partial charge in [-0.1, -0.05) is 25.2 Å². The zero-order chi connectivity index (χ0) is 13.9. The average molecular weight is 290 g/mol. The summed E-state index contributed by atoms with van der Waals surface area (Å²) in [5, 5.41) is -1.01. The van der Waals surface area contributed by atoms with Crippen LogP contribution in [-0.2, 0) is 10.0 Å². The third kappa shape index (κ3) is 3.39. The van der Waals surface area contributed by atoms with Crippen LogP contribution >= 0.6 is 12.2 Å². The van der Waals surface area contributed by atoms with Crippen LogP contribution in [0.25, 0.3) is 0 Å². The lowest BCUT2D eigenvalue weighted by Crippen LogP contribution is -2.37. The first-order valence-electron chi connectivity index (χ1n) is 5.35. The number of nitrogens with one attached hydrogen (secondary N) is 1. The quantitative estimate of drug-likeness (QED) is 0.813. The number of hydrogen-bond acceptors (Lipinski definition) is 3. The van der Waals surface area contributed by atoms with Crippen molar-refractivity contribution < 1.29 is 12.8 Å². The summed E-state index contributed by atoms with van der Waals surface area (Å²) in [6.45, 7) is 3.36. The summed E-state index contributed by atoms with van der Waals surface area (Å²) >= 11 is 4.70. The summed E-state index contributed by atoms with van der Waals surface area (Å²) in [6.07, 6.45) is 0.234. The normalized spacial score (nSPS) is 13.1. The molecule has 0 saturated heterocycles. The van der Waals surface area contributed by atoms with Gasteiger partial charge in [-0.2, -0.15) is 0 Å². The number of nitrogens with two attached hydrogens (primary N) is 1. The molecule has 1 rings (SSSR count). The number of halogens is 1. The van der Waals surface area contributed by atoms with Gasteiger partial charge in [0.1, 0.15) is 11.1 Å².